The molecule has 1 aromatic rings. The minimum absolute atomic E-state index is 0.152. The van der Waals surface area contributed by atoms with Crippen molar-refractivity contribution < 1.29 is 40.2 Å². The number of aliphatic hydroxyl groups excluding tert-OH is 1. The van der Waals surface area contributed by atoms with Crippen LogP contribution >= 0.6 is 0 Å². The van der Waals surface area contributed by atoms with E-state index in [1.54, 1.807) is 0 Å². The quantitative estimate of drug-likeness (QED) is 0.640. The van der Waals surface area contributed by atoms with E-state index < -0.39 is 36.5 Å². The Morgan fingerprint density at radius 3 is 1.89 bits per heavy atom. The molecule has 1 fully saturated rings. The largest absolute Gasteiger partial charge is 0.458 e. The summed E-state index contributed by atoms with van der Waals surface area (Å²) in [5, 5.41) is 11.7. The van der Waals surface area contributed by atoms with Crippen LogP contribution in [0.2, 0.25) is 0 Å². The van der Waals surface area contributed by atoms with Crippen LogP contribution in [0.5, 0.6) is 0 Å². The maximum atomic E-state index is 13.3. The van der Waals surface area contributed by atoms with Gasteiger partial charge in [-0.25, -0.2) is 0 Å². The molecule has 1 aliphatic carbocycles. The molecule has 10 heteroatoms. The predicted molar refractivity (Wildman–Crippen MR) is 85.9 cm³/mol. The van der Waals surface area contributed by atoms with Crippen LogP contribution in [0.15, 0.2) is 24.3 Å². The molecular formula is C18H21F8NO. The highest BCUT2D eigenvalue weighted by atomic mass is 19.4. The summed E-state index contributed by atoms with van der Waals surface area (Å²) in [6, 6.07) is 3.89. The zero-order valence-electron chi connectivity index (χ0n) is 14.8. The average molecular weight is 419 g/mol. The molecule has 0 aromatic heterocycles. The molecular weight excluding hydrogens is 398 g/mol. The van der Waals surface area contributed by atoms with E-state index in [1.807, 2.05) is 0 Å². The highest BCUT2D eigenvalue weighted by Crippen LogP contribution is 2.43. The Kier molecular flexibility index (Phi) is 6.96. The Morgan fingerprint density at radius 2 is 1.43 bits per heavy atom. The second-order valence-corrected chi connectivity index (χ2v) is 7.16. The summed E-state index contributed by atoms with van der Waals surface area (Å²) in [5.74, 6) is -4.74. The molecule has 0 amide bonds. The fourth-order valence-corrected chi connectivity index (χ4v) is 3.31. The number of alkyl halides is 8. The van der Waals surface area contributed by atoms with Crippen LogP contribution < -0.4 is 5.32 Å². The van der Waals surface area contributed by atoms with Crippen molar-refractivity contribution in [3.63, 3.8) is 0 Å². The predicted octanol–water partition coefficient (Wildman–Crippen LogP) is 4.95. The molecule has 2 rings (SSSR count). The molecule has 28 heavy (non-hydrogen) atoms. The molecule has 0 aliphatic heterocycles. The maximum absolute atomic E-state index is 13.3. The van der Waals surface area contributed by atoms with Gasteiger partial charge in [0.2, 0.25) is 0 Å². The summed E-state index contributed by atoms with van der Waals surface area (Å²) in [6.07, 6.45) is -9.69. The second-order valence-electron chi connectivity index (χ2n) is 7.16. The smallest absolute Gasteiger partial charge is 0.382 e. The maximum Gasteiger partial charge on any atom is 0.458 e. The Hall–Kier alpha value is -1.42. The lowest BCUT2D eigenvalue weighted by Gasteiger charge is -2.30. The van der Waals surface area contributed by atoms with Gasteiger partial charge in [0.25, 0.3) is 0 Å². The van der Waals surface area contributed by atoms with Crippen LogP contribution in [-0.2, 0) is 12.3 Å². The van der Waals surface area contributed by atoms with Crippen molar-refractivity contribution in [3.05, 3.63) is 35.4 Å². The standard InChI is InChI=1S/C18H21F8NO/c19-16(20,18(24,25)26)13-5-1-11(2-6-13)9-12-3-7-14(8-4-12)27-10-15(28)17(21,22)23/h1-2,5-6,12,14-15,27-28H,3-4,7-10H2. The molecule has 0 bridgehead atoms. The van der Waals surface area contributed by atoms with Crippen molar-refractivity contribution >= 4 is 0 Å². The molecule has 160 valence electrons. The van der Waals surface area contributed by atoms with E-state index in [-0.39, 0.29) is 12.0 Å². The van der Waals surface area contributed by atoms with Gasteiger partial charge in [-0.05, 0) is 43.6 Å². The van der Waals surface area contributed by atoms with Gasteiger partial charge in [0.1, 0.15) is 0 Å². The first kappa shape index (κ1) is 22.9. The van der Waals surface area contributed by atoms with E-state index in [2.05, 4.69) is 5.32 Å². The van der Waals surface area contributed by atoms with E-state index in [4.69, 9.17) is 5.11 Å². The Morgan fingerprint density at radius 1 is 0.893 bits per heavy atom. The van der Waals surface area contributed by atoms with E-state index in [0.29, 0.717) is 37.7 Å². The molecule has 1 saturated carbocycles. The van der Waals surface area contributed by atoms with E-state index >= 15 is 0 Å². The lowest BCUT2D eigenvalue weighted by molar-refractivity contribution is -0.289. The molecule has 1 unspecified atom stereocenters. The summed E-state index contributed by atoms with van der Waals surface area (Å²) in [5.41, 5.74) is -0.481. The summed E-state index contributed by atoms with van der Waals surface area (Å²) in [6.45, 7) is -0.576. The van der Waals surface area contributed by atoms with Crippen LogP contribution in [0.25, 0.3) is 0 Å². The summed E-state index contributed by atoms with van der Waals surface area (Å²) >= 11 is 0. The number of hydrogen-bond acceptors (Lipinski definition) is 2. The first-order valence-corrected chi connectivity index (χ1v) is 8.83. The third kappa shape index (κ3) is 5.79. The van der Waals surface area contributed by atoms with Crippen LogP contribution in [0.3, 0.4) is 0 Å². The average Bonchev–Trinajstić information content (AvgIpc) is 2.59. The number of hydrogen-bond donors (Lipinski definition) is 2. The highest BCUT2D eigenvalue weighted by Gasteiger charge is 2.58. The number of nitrogens with one attached hydrogen (secondary N) is 1. The Bertz CT molecular complexity index is 618. The first-order valence-electron chi connectivity index (χ1n) is 8.83. The van der Waals surface area contributed by atoms with Crippen molar-refractivity contribution in [2.24, 2.45) is 5.92 Å². The van der Waals surface area contributed by atoms with Gasteiger partial charge in [-0.3, -0.25) is 0 Å². The van der Waals surface area contributed by atoms with Gasteiger partial charge in [-0.15, -0.1) is 0 Å². The molecule has 2 N–H and O–H groups in total. The molecule has 1 aliphatic rings. The fraction of sp³-hybridized carbons (Fsp3) is 0.667. The van der Waals surface area contributed by atoms with Gasteiger partial charge in [0, 0.05) is 18.2 Å². The van der Waals surface area contributed by atoms with E-state index in [9.17, 15) is 35.1 Å². The fourth-order valence-electron chi connectivity index (χ4n) is 3.31. The topological polar surface area (TPSA) is 32.3 Å². The van der Waals surface area contributed by atoms with Crippen molar-refractivity contribution in [2.75, 3.05) is 6.54 Å². The minimum Gasteiger partial charge on any atom is -0.382 e. The highest BCUT2D eigenvalue weighted by molar-refractivity contribution is 5.27. The van der Waals surface area contributed by atoms with E-state index in [0.717, 1.165) is 12.1 Å². The zero-order chi connectivity index (χ0) is 21.2. The third-order valence-electron chi connectivity index (χ3n) is 5.02. The number of halogens is 8. The molecule has 0 heterocycles. The Balaban J connectivity index is 1.82. The zero-order valence-corrected chi connectivity index (χ0v) is 14.8. The molecule has 0 radical (unpaired) electrons. The summed E-state index contributed by atoms with van der Waals surface area (Å²) in [7, 11) is 0. The van der Waals surface area contributed by atoms with Gasteiger partial charge in [0.05, 0.1) is 0 Å². The normalized spacial score (nSPS) is 22.9. The van der Waals surface area contributed by atoms with Gasteiger partial charge in [0.15, 0.2) is 6.10 Å². The van der Waals surface area contributed by atoms with Crippen LogP contribution in [0.4, 0.5) is 35.1 Å². The van der Waals surface area contributed by atoms with Crippen LogP contribution in [-0.4, -0.2) is 36.1 Å². The second kappa shape index (κ2) is 8.52. The number of rotatable bonds is 6. The van der Waals surface area contributed by atoms with E-state index in [1.165, 1.54) is 12.1 Å². The minimum atomic E-state index is -5.65. The first-order chi connectivity index (χ1) is 12.8. The van der Waals surface area contributed by atoms with Crippen molar-refractivity contribution in [2.45, 2.75) is 62.5 Å². The SMILES string of the molecule is OC(CNC1CCC(Cc2ccc(C(F)(F)C(F)(F)F)cc2)CC1)C(F)(F)F. The monoisotopic (exact) mass is 419 g/mol. The summed E-state index contributed by atoms with van der Waals surface area (Å²) < 4.78 is 101. The molecule has 1 atom stereocenters. The molecule has 0 spiro atoms. The van der Waals surface area contributed by atoms with Gasteiger partial charge < -0.3 is 10.4 Å². The molecule has 0 saturated heterocycles. The van der Waals surface area contributed by atoms with Gasteiger partial charge >= 0.3 is 18.3 Å². The lowest BCUT2D eigenvalue weighted by atomic mass is 9.82. The van der Waals surface area contributed by atoms with Crippen molar-refractivity contribution in [3.8, 4) is 0 Å². The number of benzene rings is 1. The number of aliphatic hydroxyl groups is 1. The van der Waals surface area contributed by atoms with Gasteiger partial charge in [-0.1, -0.05) is 24.3 Å². The van der Waals surface area contributed by atoms with Crippen molar-refractivity contribution in [1.29, 1.82) is 0 Å². The molecule has 2 nitrogen and oxygen atoms in total. The van der Waals surface area contributed by atoms with Gasteiger partial charge in [-0.2, -0.15) is 35.1 Å². The van der Waals surface area contributed by atoms with Crippen molar-refractivity contribution in [1.82, 2.24) is 5.32 Å². The van der Waals surface area contributed by atoms with Crippen LogP contribution in [0.1, 0.15) is 36.8 Å². The summed E-state index contributed by atoms with van der Waals surface area (Å²) in [4.78, 5) is 0. The third-order valence-corrected chi connectivity index (χ3v) is 5.02. The van der Waals surface area contributed by atoms with Crippen LogP contribution in [0, 0.1) is 5.92 Å². The Labute approximate surface area is 156 Å². The molecule has 1 aromatic carbocycles. The lowest BCUT2D eigenvalue weighted by Crippen LogP contribution is -2.43.